The van der Waals surface area contributed by atoms with E-state index in [1.165, 1.54) is 33.1 Å². The monoisotopic (exact) mass is 238 g/mol. The second kappa shape index (κ2) is 4.65. The van der Waals surface area contributed by atoms with Crippen molar-refractivity contribution in [2.75, 3.05) is 7.11 Å². The van der Waals surface area contributed by atoms with Crippen molar-refractivity contribution in [1.29, 1.82) is 0 Å². The highest BCUT2D eigenvalue weighted by molar-refractivity contribution is 6.11. The lowest BCUT2D eigenvalue weighted by molar-refractivity contribution is -0.147. The van der Waals surface area contributed by atoms with Gasteiger partial charge in [-0.2, -0.15) is 0 Å². The first-order valence-corrected chi connectivity index (χ1v) is 5.20. The van der Waals surface area contributed by atoms with Gasteiger partial charge in [-0.15, -0.1) is 0 Å². The number of esters is 1. The summed E-state index contributed by atoms with van der Waals surface area (Å²) in [4.78, 5) is 23.5. The number of benzene rings is 1. The first-order valence-electron chi connectivity index (χ1n) is 5.20. The van der Waals surface area contributed by atoms with Crippen molar-refractivity contribution < 1.29 is 18.7 Å². The van der Waals surface area contributed by atoms with Gasteiger partial charge >= 0.3 is 5.97 Å². The van der Waals surface area contributed by atoms with Gasteiger partial charge in [0.2, 0.25) is 0 Å². The van der Waals surface area contributed by atoms with E-state index in [9.17, 15) is 14.0 Å². The Balaban J connectivity index is 3.17. The predicted octanol–water partition coefficient (Wildman–Crippen LogP) is 2.52. The van der Waals surface area contributed by atoms with Gasteiger partial charge in [-0.05, 0) is 38.5 Å². The third kappa shape index (κ3) is 2.52. The smallest absolute Gasteiger partial charge is 0.319 e. The minimum absolute atomic E-state index is 0.0917. The van der Waals surface area contributed by atoms with Gasteiger partial charge < -0.3 is 4.74 Å². The van der Waals surface area contributed by atoms with Crippen LogP contribution in [0.1, 0.15) is 29.8 Å². The van der Waals surface area contributed by atoms with Crippen LogP contribution in [0.5, 0.6) is 0 Å². The number of methoxy groups -OCH3 is 1. The Labute approximate surface area is 99.6 Å². The zero-order valence-corrected chi connectivity index (χ0v) is 10.3. The Kier molecular flexibility index (Phi) is 3.66. The van der Waals surface area contributed by atoms with Crippen LogP contribution in [0.4, 0.5) is 4.39 Å². The highest BCUT2D eigenvalue weighted by atomic mass is 19.1. The van der Waals surface area contributed by atoms with Gasteiger partial charge in [0.25, 0.3) is 0 Å². The third-order valence-corrected chi connectivity index (χ3v) is 2.63. The molecule has 0 amide bonds. The summed E-state index contributed by atoms with van der Waals surface area (Å²) in [6.07, 6.45) is 0. The number of carbonyl (C=O) groups excluding carboxylic acids is 2. The molecule has 0 aliphatic rings. The van der Waals surface area contributed by atoms with Crippen molar-refractivity contribution in [1.82, 2.24) is 0 Å². The standard InChI is InChI=1S/C13H15FO3/c1-8-5-6-9(10(14)7-8)11(15)13(2,3)12(16)17-4/h5-7H,1-4H3. The molecule has 0 bridgehead atoms. The second-order valence-corrected chi connectivity index (χ2v) is 4.43. The molecule has 1 aromatic rings. The molecule has 1 rings (SSSR count). The van der Waals surface area contributed by atoms with Crippen molar-refractivity contribution in [3.63, 3.8) is 0 Å². The average molecular weight is 238 g/mol. The van der Waals surface area contributed by atoms with Crippen molar-refractivity contribution in [3.05, 3.63) is 35.1 Å². The molecule has 0 fully saturated rings. The molecular weight excluding hydrogens is 223 g/mol. The quantitative estimate of drug-likeness (QED) is 0.461. The number of rotatable bonds is 3. The fraction of sp³-hybridized carbons (Fsp3) is 0.385. The van der Waals surface area contributed by atoms with E-state index in [0.717, 1.165) is 5.56 Å². The van der Waals surface area contributed by atoms with Crippen LogP contribution in [0.3, 0.4) is 0 Å². The van der Waals surface area contributed by atoms with Crippen LogP contribution in [-0.2, 0) is 9.53 Å². The van der Waals surface area contributed by atoms with Gasteiger partial charge in [-0.25, -0.2) is 4.39 Å². The molecule has 0 atom stereocenters. The van der Waals surface area contributed by atoms with E-state index in [-0.39, 0.29) is 5.56 Å². The van der Waals surface area contributed by atoms with E-state index in [1.54, 1.807) is 13.0 Å². The summed E-state index contributed by atoms with van der Waals surface area (Å²) < 4.78 is 18.2. The number of ether oxygens (including phenoxy) is 1. The molecular formula is C13H15FO3. The Morgan fingerprint density at radius 2 is 1.88 bits per heavy atom. The first-order chi connectivity index (χ1) is 7.80. The molecule has 0 aliphatic heterocycles. The minimum atomic E-state index is -1.38. The van der Waals surface area contributed by atoms with Crippen molar-refractivity contribution in [3.8, 4) is 0 Å². The zero-order chi connectivity index (χ0) is 13.2. The third-order valence-electron chi connectivity index (χ3n) is 2.63. The van der Waals surface area contributed by atoms with Gasteiger partial charge in [-0.1, -0.05) is 6.07 Å². The van der Waals surface area contributed by atoms with Crippen LogP contribution < -0.4 is 0 Å². The molecule has 0 aromatic heterocycles. The molecule has 17 heavy (non-hydrogen) atoms. The largest absolute Gasteiger partial charge is 0.468 e. The molecule has 0 saturated carbocycles. The molecule has 1 aromatic carbocycles. The van der Waals surface area contributed by atoms with Crippen LogP contribution >= 0.6 is 0 Å². The zero-order valence-electron chi connectivity index (χ0n) is 10.3. The Morgan fingerprint density at radius 1 is 1.29 bits per heavy atom. The average Bonchev–Trinajstić information content (AvgIpc) is 2.27. The highest BCUT2D eigenvalue weighted by Crippen LogP contribution is 2.25. The van der Waals surface area contributed by atoms with Gasteiger partial charge in [0.05, 0.1) is 12.7 Å². The maximum absolute atomic E-state index is 13.6. The summed E-state index contributed by atoms with van der Waals surface area (Å²) in [7, 11) is 1.20. The van der Waals surface area contributed by atoms with Crippen LogP contribution in [0.25, 0.3) is 0 Å². The van der Waals surface area contributed by atoms with Crippen LogP contribution in [0.2, 0.25) is 0 Å². The Bertz CT molecular complexity index is 464. The summed E-state index contributed by atoms with van der Waals surface area (Å²) in [6.45, 7) is 4.56. The molecule has 3 nitrogen and oxygen atoms in total. The first kappa shape index (κ1) is 13.4. The number of carbonyl (C=O) groups is 2. The lowest BCUT2D eigenvalue weighted by Crippen LogP contribution is -2.35. The highest BCUT2D eigenvalue weighted by Gasteiger charge is 2.38. The van der Waals surface area contributed by atoms with Gasteiger partial charge in [-0.3, -0.25) is 9.59 Å². The fourth-order valence-electron chi connectivity index (χ4n) is 1.49. The summed E-state index contributed by atoms with van der Waals surface area (Å²) >= 11 is 0. The SMILES string of the molecule is COC(=O)C(C)(C)C(=O)c1ccc(C)cc1F. The summed E-state index contributed by atoms with van der Waals surface area (Å²) in [6, 6.07) is 4.28. The van der Waals surface area contributed by atoms with Gasteiger partial charge in [0.1, 0.15) is 11.2 Å². The lowest BCUT2D eigenvalue weighted by Gasteiger charge is -2.20. The predicted molar refractivity (Wildman–Crippen MR) is 61.3 cm³/mol. The Hall–Kier alpha value is -1.71. The Morgan fingerprint density at radius 3 is 2.35 bits per heavy atom. The fourth-order valence-corrected chi connectivity index (χ4v) is 1.49. The number of ketones is 1. The van der Waals surface area contributed by atoms with E-state index >= 15 is 0 Å². The van der Waals surface area contributed by atoms with Crippen LogP contribution in [-0.4, -0.2) is 18.9 Å². The minimum Gasteiger partial charge on any atom is -0.468 e. The van der Waals surface area contributed by atoms with E-state index < -0.39 is 23.0 Å². The van der Waals surface area contributed by atoms with Gasteiger partial charge in [0.15, 0.2) is 5.78 Å². The van der Waals surface area contributed by atoms with E-state index in [0.29, 0.717) is 0 Å². The summed E-state index contributed by atoms with van der Waals surface area (Å²) in [5, 5.41) is 0. The van der Waals surface area contributed by atoms with Gasteiger partial charge in [0, 0.05) is 0 Å². The topological polar surface area (TPSA) is 43.4 Å². The number of halogens is 1. The van der Waals surface area contributed by atoms with Crippen LogP contribution in [0.15, 0.2) is 18.2 Å². The number of hydrogen-bond acceptors (Lipinski definition) is 3. The van der Waals surface area contributed by atoms with E-state index in [1.807, 2.05) is 0 Å². The summed E-state index contributed by atoms with van der Waals surface area (Å²) in [5.74, 6) is -1.88. The molecule has 0 spiro atoms. The van der Waals surface area contributed by atoms with Crippen LogP contribution in [0, 0.1) is 18.2 Å². The molecule has 0 saturated heterocycles. The second-order valence-electron chi connectivity index (χ2n) is 4.43. The maximum Gasteiger partial charge on any atom is 0.319 e. The number of Topliss-reactive ketones (excluding diaryl/α,β-unsaturated/α-hetero) is 1. The molecule has 0 unspecified atom stereocenters. The lowest BCUT2D eigenvalue weighted by atomic mass is 9.84. The van der Waals surface area contributed by atoms with Crippen molar-refractivity contribution in [2.24, 2.45) is 5.41 Å². The van der Waals surface area contributed by atoms with E-state index in [2.05, 4.69) is 4.74 Å². The summed E-state index contributed by atoms with van der Waals surface area (Å²) in [5.41, 5.74) is -0.758. The molecule has 0 aliphatic carbocycles. The number of hydrogen-bond donors (Lipinski definition) is 0. The van der Waals surface area contributed by atoms with E-state index in [4.69, 9.17) is 0 Å². The van der Waals surface area contributed by atoms with Crippen molar-refractivity contribution >= 4 is 11.8 Å². The molecule has 4 heteroatoms. The molecule has 0 radical (unpaired) electrons. The maximum atomic E-state index is 13.6. The number of aryl methyl sites for hydroxylation is 1. The molecule has 0 heterocycles. The van der Waals surface area contributed by atoms with Crippen molar-refractivity contribution in [2.45, 2.75) is 20.8 Å². The normalized spacial score (nSPS) is 11.1. The molecule has 0 N–H and O–H groups in total. The molecule has 92 valence electrons.